The number of thioether (sulfide) groups is 2. The molecule has 0 radical (unpaired) electrons. The lowest BCUT2D eigenvalue weighted by Gasteiger charge is -2.24. The van der Waals surface area contributed by atoms with E-state index in [2.05, 4.69) is 10.6 Å². The Balaban J connectivity index is 1.79. The highest BCUT2D eigenvalue weighted by atomic mass is 32.2. The van der Waals surface area contributed by atoms with E-state index in [9.17, 15) is 9.59 Å². The summed E-state index contributed by atoms with van der Waals surface area (Å²) in [6, 6.07) is 15.1. The molecule has 0 unspecified atom stereocenters. The fraction of sp³-hybridized carbons (Fsp3) is 0. The van der Waals surface area contributed by atoms with Gasteiger partial charge < -0.3 is 10.6 Å². The second-order valence-electron chi connectivity index (χ2n) is 4.76. The predicted molar refractivity (Wildman–Crippen MR) is 88.9 cm³/mol. The number of carbonyl (C=O) groups excluding carboxylic acids is 2. The van der Waals surface area contributed by atoms with E-state index in [1.54, 1.807) is 0 Å². The maximum Gasteiger partial charge on any atom is 0.263 e. The highest BCUT2D eigenvalue weighted by Gasteiger charge is 2.30. The van der Waals surface area contributed by atoms with E-state index in [4.69, 9.17) is 0 Å². The summed E-state index contributed by atoms with van der Waals surface area (Å²) in [5.41, 5.74) is 1.56. The van der Waals surface area contributed by atoms with Crippen molar-refractivity contribution in [1.82, 2.24) is 0 Å². The second-order valence-corrected chi connectivity index (χ2v) is 6.87. The second kappa shape index (κ2) is 5.23. The van der Waals surface area contributed by atoms with Crippen LogP contribution in [0, 0.1) is 0 Å². The zero-order valence-electron chi connectivity index (χ0n) is 11.3. The monoisotopic (exact) mass is 326 g/mol. The van der Waals surface area contributed by atoms with Gasteiger partial charge in [-0.3, -0.25) is 9.59 Å². The fourth-order valence-corrected chi connectivity index (χ4v) is 4.39. The average molecular weight is 326 g/mol. The molecule has 2 aromatic rings. The third-order valence-corrected chi connectivity index (χ3v) is 5.78. The van der Waals surface area contributed by atoms with Crippen LogP contribution in [0.15, 0.2) is 68.1 Å². The van der Waals surface area contributed by atoms with Gasteiger partial charge in [-0.25, -0.2) is 0 Å². The summed E-state index contributed by atoms with van der Waals surface area (Å²) >= 11 is 2.67. The highest BCUT2D eigenvalue weighted by Crippen LogP contribution is 2.46. The van der Waals surface area contributed by atoms with E-state index in [0.29, 0.717) is 9.81 Å². The zero-order valence-corrected chi connectivity index (χ0v) is 12.9. The van der Waals surface area contributed by atoms with Gasteiger partial charge in [0.15, 0.2) is 0 Å². The molecule has 22 heavy (non-hydrogen) atoms. The molecule has 2 amide bonds. The summed E-state index contributed by atoms with van der Waals surface area (Å²) in [6.07, 6.45) is 0. The first kappa shape index (κ1) is 13.5. The van der Waals surface area contributed by atoms with Crippen LogP contribution in [0.3, 0.4) is 0 Å². The van der Waals surface area contributed by atoms with E-state index in [-0.39, 0.29) is 11.8 Å². The maximum atomic E-state index is 12.3. The number of anilines is 2. The third kappa shape index (κ3) is 2.20. The molecule has 2 aliphatic rings. The molecule has 0 saturated heterocycles. The SMILES string of the molecule is O=C1Nc2ccccc2S/C1=C1\Sc2ccccc2NC1=O. The molecular weight excluding hydrogens is 316 g/mol. The van der Waals surface area contributed by atoms with E-state index in [1.165, 1.54) is 23.5 Å². The minimum Gasteiger partial charge on any atom is -0.320 e. The summed E-state index contributed by atoms with van der Waals surface area (Å²) < 4.78 is 0. The Bertz CT molecular complexity index is 776. The van der Waals surface area contributed by atoms with Gasteiger partial charge in [-0.1, -0.05) is 47.8 Å². The molecule has 0 fully saturated rings. The third-order valence-electron chi connectivity index (χ3n) is 3.31. The molecule has 0 bridgehead atoms. The molecule has 4 rings (SSSR count). The number of carbonyl (C=O) groups is 2. The predicted octanol–water partition coefficient (Wildman–Crippen LogP) is 3.69. The fourth-order valence-electron chi connectivity index (χ4n) is 2.29. The first-order valence-corrected chi connectivity index (χ1v) is 8.26. The molecule has 108 valence electrons. The van der Waals surface area contributed by atoms with Gasteiger partial charge in [-0.2, -0.15) is 0 Å². The van der Waals surface area contributed by atoms with Gasteiger partial charge in [0.05, 0.1) is 21.2 Å². The van der Waals surface area contributed by atoms with Crippen LogP contribution in [0.25, 0.3) is 0 Å². The largest absolute Gasteiger partial charge is 0.320 e. The van der Waals surface area contributed by atoms with Crippen molar-refractivity contribution >= 4 is 46.7 Å². The van der Waals surface area contributed by atoms with Crippen molar-refractivity contribution in [2.45, 2.75) is 9.79 Å². The molecule has 4 nitrogen and oxygen atoms in total. The molecule has 2 aromatic carbocycles. The van der Waals surface area contributed by atoms with Crippen molar-refractivity contribution in [3.63, 3.8) is 0 Å². The quantitative estimate of drug-likeness (QED) is 0.725. The van der Waals surface area contributed by atoms with E-state index in [1.807, 2.05) is 48.5 Å². The van der Waals surface area contributed by atoms with Gasteiger partial charge in [0.25, 0.3) is 11.8 Å². The molecule has 0 spiro atoms. The van der Waals surface area contributed by atoms with Crippen LogP contribution in [0.1, 0.15) is 0 Å². The number of rotatable bonds is 0. The highest BCUT2D eigenvalue weighted by molar-refractivity contribution is 8.08. The summed E-state index contributed by atoms with van der Waals surface area (Å²) in [5.74, 6) is -0.471. The minimum absolute atomic E-state index is 0.235. The van der Waals surface area contributed by atoms with E-state index in [0.717, 1.165) is 21.2 Å². The maximum absolute atomic E-state index is 12.3. The number of para-hydroxylation sites is 2. The van der Waals surface area contributed by atoms with Crippen LogP contribution in [-0.4, -0.2) is 11.8 Å². The normalized spacial score (nSPS) is 19.8. The summed E-state index contributed by atoms with van der Waals surface area (Å²) in [5, 5.41) is 5.68. The Morgan fingerprint density at radius 2 is 1.05 bits per heavy atom. The summed E-state index contributed by atoms with van der Waals surface area (Å²) in [4.78, 5) is 27.4. The standard InChI is InChI=1S/C16H10N2O2S2/c19-15-13(21-11-7-3-1-5-9(11)17-15)14-16(20)18-10-6-2-4-8-12(10)22-14/h1-8H,(H,17,19)(H,18,20)/b14-13-. The van der Waals surface area contributed by atoms with E-state index >= 15 is 0 Å². The molecule has 2 aliphatic heterocycles. The Kier molecular flexibility index (Phi) is 3.20. The molecule has 6 heteroatoms. The van der Waals surface area contributed by atoms with Gasteiger partial charge in [0.2, 0.25) is 0 Å². The van der Waals surface area contributed by atoms with Crippen LogP contribution in [0.5, 0.6) is 0 Å². The van der Waals surface area contributed by atoms with Gasteiger partial charge in [-0.15, -0.1) is 0 Å². The Morgan fingerprint density at radius 1 is 0.636 bits per heavy atom. The van der Waals surface area contributed by atoms with Gasteiger partial charge in [0.1, 0.15) is 0 Å². The van der Waals surface area contributed by atoms with Crippen molar-refractivity contribution < 1.29 is 9.59 Å². The average Bonchev–Trinajstić information content (AvgIpc) is 2.54. The lowest BCUT2D eigenvalue weighted by molar-refractivity contribution is -0.114. The van der Waals surface area contributed by atoms with Crippen molar-refractivity contribution in [1.29, 1.82) is 0 Å². The smallest absolute Gasteiger partial charge is 0.263 e. The Labute approximate surface area is 135 Å². The summed E-state index contributed by atoms with van der Waals surface area (Å²) in [7, 11) is 0. The molecule has 0 aromatic heterocycles. The van der Waals surface area contributed by atoms with Crippen LogP contribution >= 0.6 is 23.5 Å². The number of hydrogen-bond donors (Lipinski definition) is 2. The first-order chi connectivity index (χ1) is 10.7. The molecule has 0 saturated carbocycles. The number of fused-ring (bicyclic) bond motifs is 2. The molecule has 0 atom stereocenters. The van der Waals surface area contributed by atoms with E-state index < -0.39 is 0 Å². The molecular formula is C16H10N2O2S2. The van der Waals surface area contributed by atoms with Crippen molar-refractivity contribution in [3.05, 3.63) is 58.3 Å². The van der Waals surface area contributed by atoms with Gasteiger partial charge >= 0.3 is 0 Å². The first-order valence-electron chi connectivity index (χ1n) is 6.63. The van der Waals surface area contributed by atoms with Crippen molar-refractivity contribution in [2.75, 3.05) is 10.6 Å². The number of benzene rings is 2. The zero-order chi connectivity index (χ0) is 15.1. The Morgan fingerprint density at radius 3 is 1.50 bits per heavy atom. The lowest BCUT2D eigenvalue weighted by Crippen LogP contribution is -2.24. The molecule has 2 N–H and O–H groups in total. The van der Waals surface area contributed by atoms with Gasteiger partial charge in [-0.05, 0) is 24.3 Å². The van der Waals surface area contributed by atoms with Crippen LogP contribution in [0.2, 0.25) is 0 Å². The lowest BCUT2D eigenvalue weighted by atomic mass is 10.3. The number of nitrogens with one attached hydrogen (secondary N) is 2. The minimum atomic E-state index is -0.235. The number of hydrogen-bond acceptors (Lipinski definition) is 4. The molecule has 2 heterocycles. The van der Waals surface area contributed by atoms with Crippen molar-refractivity contribution in [3.8, 4) is 0 Å². The number of amides is 2. The van der Waals surface area contributed by atoms with Gasteiger partial charge in [0, 0.05) is 9.79 Å². The summed E-state index contributed by atoms with van der Waals surface area (Å²) in [6.45, 7) is 0. The van der Waals surface area contributed by atoms with Crippen LogP contribution in [-0.2, 0) is 9.59 Å². The topological polar surface area (TPSA) is 58.2 Å². The van der Waals surface area contributed by atoms with Crippen molar-refractivity contribution in [2.24, 2.45) is 0 Å². The van der Waals surface area contributed by atoms with Crippen LogP contribution in [0.4, 0.5) is 11.4 Å². The Hall–Kier alpha value is -2.18. The molecule has 0 aliphatic carbocycles. The van der Waals surface area contributed by atoms with Crippen LogP contribution < -0.4 is 10.6 Å².